The fourth-order valence-corrected chi connectivity index (χ4v) is 2.96. The molecule has 1 aromatic carbocycles. The third kappa shape index (κ3) is 4.40. The third-order valence-corrected chi connectivity index (χ3v) is 4.16. The average molecular weight is 328 g/mol. The van der Waals surface area contributed by atoms with Crippen LogP contribution >= 0.6 is 35.0 Å². The minimum atomic E-state index is -0.829. The highest BCUT2D eigenvalue weighted by atomic mass is 35.5. The van der Waals surface area contributed by atoms with Crippen molar-refractivity contribution < 1.29 is 9.90 Å². The van der Waals surface area contributed by atoms with E-state index in [1.165, 1.54) is 0 Å². The molecule has 0 aliphatic rings. The molecule has 2 aromatic rings. The molecular weight excluding hydrogens is 317 g/mol. The molecule has 1 N–H and O–H groups in total. The standard InChI is InChI=1S/C14H11Cl2NO2S/c15-12-6-3-10(14(16)17-12)8-20-11-4-1-9(2-5-11)7-13(18)19/h1-6H,7-8H2,(H,18,19). The van der Waals surface area contributed by atoms with Gasteiger partial charge in [0.05, 0.1) is 6.42 Å². The number of carboxylic acids is 1. The van der Waals surface area contributed by atoms with E-state index in [9.17, 15) is 4.79 Å². The molecule has 0 saturated carbocycles. The summed E-state index contributed by atoms with van der Waals surface area (Å²) in [5.41, 5.74) is 1.70. The summed E-state index contributed by atoms with van der Waals surface area (Å²) in [4.78, 5) is 15.6. The van der Waals surface area contributed by atoms with E-state index in [-0.39, 0.29) is 6.42 Å². The molecule has 0 atom stereocenters. The van der Waals surface area contributed by atoms with Crippen molar-refractivity contribution in [3.63, 3.8) is 0 Å². The summed E-state index contributed by atoms with van der Waals surface area (Å²) in [6.45, 7) is 0. The topological polar surface area (TPSA) is 50.2 Å². The van der Waals surface area contributed by atoms with E-state index in [2.05, 4.69) is 4.98 Å². The monoisotopic (exact) mass is 327 g/mol. The molecule has 0 bridgehead atoms. The van der Waals surface area contributed by atoms with Crippen LogP contribution in [0.25, 0.3) is 0 Å². The first-order chi connectivity index (χ1) is 9.54. The Labute approximate surface area is 130 Å². The highest BCUT2D eigenvalue weighted by Crippen LogP contribution is 2.27. The largest absolute Gasteiger partial charge is 0.481 e. The van der Waals surface area contributed by atoms with Gasteiger partial charge in [-0.25, -0.2) is 4.98 Å². The zero-order valence-corrected chi connectivity index (χ0v) is 12.7. The summed E-state index contributed by atoms with van der Waals surface area (Å²) >= 11 is 13.4. The van der Waals surface area contributed by atoms with E-state index >= 15 is 0 Å². The Balaban J connectivity index is 1.98. The molecule has 0 aliphatic carbocycles. The second-order valence-electron chi connectivity index (χ2n) is 4.09. The van der Waals surface area contributed by atoms with Crippen LogP contribution < -0.4 is 0 Å². The van der Waals surface area contributed by atoms with Gasteiger partial charge >= 0.3 is 5.97 Å². The maximum atomic E-state index is 10.6. The van der Waals surface area contributed by atoms with Crippen LogP contribution in [0.3, 0.4) is 0 Å². The highest BCUT2D eigenvalue weighted by Gasteiger charge is 2.05. The Morgan fingerprint density at radius 1 is 1.15 bits per heavy atom. The second-order valence-corrected chi connectivity index (χ2v) is 5.88. The molecule has 0 spiro atoms. The van der Waals surface area contributed by atoms with E-state index in [4.69, 9.17) is 28.3 Å². The Kier molecular flexibility index (Phi) is 5.29. The number of hydrogen-bond acceptors (Lipinski definition) is 3. The van der Waals surface area contributed by atoms with E-state index in [1.54, 1.807) is 17.8 Å². The van der Waals surface area contributed by atoms with Crippen LogP contribution in [0.4, 0.5) is 0 Å². The lowest BCUT2D eigenvalue weighted by Gasteiger charge is -2.05. The van der Waals surface area contributed by atoms with Gasteiger partial charge < -0.3 is 5.11 Å². The van der Waals surface area contributed by atoms with Gasteiger partial charge in [0.2, 0.25) is 0 Å². The Morgan fingerprint density at radius 3 is 2.45 bits per heavy atom. The van der Waals surface area contributed by atoms with Crippen LogP contribution in [0.15, 0.2) is 41.3 Å². The van der Waals surface area contributed by atoms with Gasteiger partial charge in [0.1, 0.15) is 10.3 Å². The molecule has 0 fully saturated rings. The van der Waals surface area contributed by atoms with E-state index in [0.29, 0.717) is 16.1 Å². The predicted molar refractivity (Wildman–Crippen MR) is 81.6 cm³/mol. The van der Waals surface area contributed by atoms with Gasteiger partial charge in [-0.15, -0.1) is 11.8 Å². The van der Waals surface area contributed by atoms with Gasteiger partial charge in [-0.3, -0.25) is 4.79 Å². The lowest BCUT2D eigenvalue weighted by atomic mass is 10.2. The maximum Gasteiger partial charge on any atom is 0.307 e. The number of halogens is 2. The number of aromatic nitrogens is 1. The minimum Gasteiger partial charge on any atom is -0.481 e. The number of nitrogens with zero attached hydrogens (tertiary/aromatic N) is 1. The minimum absolute atomic E-state index is 0.0396. The summed E-state index contributed by atoms with van der Waals surface area (Å²) in [6, 6.07) is 11.0. The molecule has 104 valence electrons. The molecule has 0 amide bonds. The summed E-state index contributed by atoms with van der Waals surface area (Å²) < 4.78 is 0. The fraction of sp³-hybridized carbons (Fsp3) is 0.143. The smallest absolute Gasteiger partial charge is 0.307 e. The molecule has 0 saturated heterocycles. The second kappa shape index (κ2) is 6.97. The first-order valence-corrected chi connectivity index (χ1v) is 7.53. The lowest BCUT2D eigenvalue weighted by Crippen LogP contribution is -1.99. The van der Waals surface area contributed by atoms with Crippen LogP contribution in [0.2, 0.25) is 10.3 Å². The fourth-order valence-electron chi connectivity index (χ4n) is 1.59. The summed E-state index contributed by atoms with van der Waals surface area (Å²) in [5.74, 6) is -0.147. The van der Waals surface area contributed by atoms with Crippen molar-refractivity contribution in [1.82, 2.24) is 4.98 Å². The molecule has 1 heterocycles. The third-order valence-electron chi connectivity index (χ3n) is 2.57. The van der Waals surface area contributed by atoms with Crippen molar-refractivity contribution in [2.45, 2.75) is 17.1 Å². The van der Waals surface area contributed by atoms with Gasteiger partial charge in [-0.1, -0.05) is 41.4 Å². The van der Waals surface area contributed by atoms with E-state index < -0.39 is 5.97 Å². The SMILES string of the molecule is O=C(O)Cc1ccc(SCc2ccc(Cl)nc2Cl)cc1. The Bertz CT molecular complexity index is 617. The number of aliphatic carboxylic acids is 1. The van der Waals surface area contributed by atoms with Gasteiger partial charge in [-0.05, 0) is 29.3 Å². The van der Waals surface area contributed by atoms with Crippen molar-refractivity contribution in [2.75, 3.05) is 0 Å². The molecule has 2 rings (SSSR count). The number of benzene rings is 1. The molecule has 0 radical (unpaired) electrons. The number of carboxylic acid groups (broad SMARTS) is 1. The quantitative estimate of drug-likeness (QED) is 0.656. The summed E-state index contributed by atoms with van der Waals surface area (Å²) in [7, 11) is 0. The molecule has 20 heavy (non-hydrogen) atoms. The molecule has 3 nitrogen and oxygen atoms in total. The van der Waals surface area contributed by atoms with Crippen LogP contribution in [0.1, 0.15) is 11.1 Å². The van der Waals surface area contributed by atoms with Gasteiger partial charge in [0, 0.05) is 10.6 Å². The van der Waals surface area contributed by atoms with Crippen LogP contribution in [-0.2, 0) is 17.0 Å². The van der Waals surface area contributed by atoms with Crippen molar-refractivity contribution in [3.8, 4) is 0 Å². The number of thioether (sulfide) groups is 1. The molecule has 0 unspecified atom stereocenters. The first kappa shape index (κ1) is 15.2. The van der Waals surface area contributed by atoms with Crippen molar-refractivity contribution in [2.24, 2.45) is 0 Å². The molecule has 0 aliphatic heterocycles. The number of pyridine rings is 1. The van der Waals surface area contributed by atoms with E-state index in [0.717, 1.165) is 16.0 Å². The summed E-state index contributed by atoms with van der Waals surface area (Å²) in [5, 5.41) is 9.49. The number of carbonyl (C=O) groups is 1. The van der Waals surface area contributed by atoms with Crippen LogP contribution in [-0.4, -0.2) is 16.1 Å². The molecule has 1 aromatic heterocycles. The van der Waals surface area contributed by atoms with E-state index in [1.807, 2.05) is 30.3 Å². The molecular formula is C14H11Cl2NO2S. The summed E-state index contributed by atoms with van der Waals surface area (Å²) in [6.07, 6.45) is 0.0396. The van der Waals surface area contributed by atoms with Crippen LogP contribution in [0.5, 0.6) is 0 Å². The lowest BCUT2D eigenvalue weighted by molar-refractivity contribution is -0.136. The van der Waals surface area contributed by atoms with Gasteiger partial charge in [0.15, 0.2) is 0 Å². The maximum absolute atomic E-state index is 10.6. The van der Waals surface area contributed by atoms with Crippen molar-refractivity contribution in [3.05, 3.63) is 57.8 Å². The number of rotatable bonds is 5. The first-order valence-electron chi connectivity index (χ1n) is 5.79. The van der Waals surface area contributed by atoms with Gasteiger partial charge in [0.25, 0.3) is 0 Å². The van der Waals surface area contributed by atoms with Crippen LogP contribution in [0, 0.1) is 0 Å². The zero-order valence-electron chi connectivity index (χ0n) is 10.3. The normalized spacial score (nSPS) is 10.5. The number of hydrogen-bond donors (Lipinski definition) is 1. The predicted octanol–water partition coefficient (Wildman–Crippen LogP) is 4.31. The Morgan fingerprint density at radius 2 is 1.85 bits per heavy atom. The van der Waals surface area contributed by atoms with Gasteiger partial charge in [-0.2, -0.15) is 0 Å². The van der Waals surface area contributed by atoms with Crippen molar-refractivity contribution >= 4 is 40.9 Å². The van der Waals surface area contributed by atoms with Crippen molar-refractivity contribution in [1.29, 1.82) is 0 Å². The zero-order chi connectivity index (χ0) is 14.5. The average Bonchev–Trinajstić information content (AvgIpc) is 2.39. The Hall–Kier alpha value is -1.23. The molecule has 6 heteroatoms. The highest BCUT2D eigenvalue weighted by molar-refractivity contribution is 7.98.